The number of benzene rings is 2. The van der Waals surface area contributed by atoms with Gasteiger partial charge in [-0.05, 0) is 24.3 Å². The minimum Gasteiger partial charge on any atom is -0.444 e. The molecule has 0 saturated heterocycles. The lowest BCUT2D eigenvalue weighted by Crippen LogP contribution is -2.49. The molecule has 2 aromatic carbocycles. The molecule has 3 aromatic rings. The van der Waals surface area contributed by atoms with Gasteiger partial charge < -0.3 is 4.42 Å². The minimum absolute atomic E-state index is 0.0265. The fourth-order valence-electron chi connectivity index (χ4n) is 2.62. The second-order valence-corrected chi connectivity index (χ2v) is 7.12. The molecule has 1 aliphatic rings. The fourth-order valence-corrected chi connectivity index (χ4v) is 3.86. The second-order valence-electron chi connectivity index (χ2n) is 5.49. The average Bonchev–Trinajstić information content (AvgIpc) is 3.09. The van der Waals surface area contributed by atoms with E-state index in [2.05, 4.69) is 9.82 Å². The van der Waals surface area contributed by atoms with Gasteiger partial charge >= 0.3 is 0 Å². The van der Waals surface area contributed by atoms with E-state index in [1.54, 1.807) is 12.1 Å². The van der Waals surface area contributed by atoms with Crippen LogP contribution in [0.25, 0.3) is 11.5 Å². The molecule has 0 atom stereocenters. The van der Waals surface area contributed by atoms with Crippen molar-refractivity contribution in [2.75, 3.05) is 0 Å². The van der Waals surface area contributed by atoms with Gasteiger partial charge in [0.1, 0.15) is 12.0 Å². The molecule has 0 radical (unpaired) electrons. The number of hydrazine groups is 1. The van der Waals surface area contributed by atoms with Crippen molar-refractivity contribution >= 4 is 15.9 Å². The number of carbonyl (C=O) groups is 1. The van der Waals surface area contributed by atoms with Gasteiger partial charge in [0, 0.05) is 5.56 Å². The zero-order chi connectivity index (χ0) is 17.4. The first-order valence-electron chi connectivity index (χ1n) is 7.48. The fraction of sp³-hybridized carbons (Fsp3) is 0.0588. The van der Waals surface area contributed by atoms with Crippen LogP contribution in [0, 0.1) is 0 Å². The highest BCUT2D eigenvalue weighted by Crippen LogP contribution is 2.24. The number of amides is 1. The van der Waals surface area contributed by atoms with Crippen molar-refractivity contribution in [3.63, 3.8) is 0 Å². The molecule has 8 heteroatoms. The first-order valence-corrected chi connectivity index (χ1v) is 8.96. The van der Waals surface area contributed by atoms with Crippen LogP contribution in [-0.2, 0) is 16.6 Å². The van der Waals surface area contributed by atoms with E-state index < -0.39 is 15.9 Å². The van der Waals surface area contributed by atoms with Crippen LogP contribution in [0.3, 0.4) is 0 Å². The number of rotatable bonds is 3. The van der Waals surface area contributed by atoms with Crippen LogP contribution in [0.5, 0.6) is 0 Å². The summed E-state index contributed by atoms with van der Waals surface area (Å²) in [6.07, 6.45) is 1.41. The van der Waals surface area contributed by atoms with Gasteiger partial charge in [-0.15, -0.1) is 4.83 Å². The summed E-state index contributed by atoms with van der Waals surface area (Å²) in [7, 11) is -3.79. The molecular formula is C17H13N3O4S. The predicted molar refractivity (Wildman–Crippen MR) is 88.6 cm³/mol. The molecule has 0 saturated carbocycles. The zero-order valence-corrected chi connectivity index (χ0v) is 13.7. The molecule has 25 heavy (non-hydrogen) atoms. The number of nitrogens with one attached hydrogen (secondary N) is 1. The molecule has 0 unspecified atom stereocenters. The lowest BCUT2D eigenvalue weighted by Gasteiger charge is -2.27. The number of oxazole rings is 1. The van der Waals surface area contributed by atoms with Crippen LogP contribution in [0.2, 0.25) is 0 Å². The van der Waals surface area contributed by atoms with E-state index in [-0.39, 0.29) is 17.0 Å². The van der Waals surface area contributed by atoms with Crippen molar-refractivity contribution in [2.45, 2.75) is 11.4 Å². The lowest BCUT2D eigenvalue weighted by atomic mass is 10.2. The van der Waals surface area contributed by atoms with Crippen LogP contribution in [-0.4, -0.2) is 24.3 Å². The van der Waals surface area contributed by atoms with E-state index in [1.165, 1.54) is 18.4 Å². The highest BCUT2D eigenvalue weighted by Gasteiger charge is 2.34. The molecule has 0 spiro atoms. The molecule has 126 valence electrons. The second kappa shape index (κ2) is 5.83. The largest absolute Gasteiger partial charge is 0.444 e. The number of carbonyl (C=O) groups excluding carboxylic acids is 1. The SMILES string of the molecule is O=C1c2ccccc2S(=O)(=O)NN1Cc1coc(-c2ccccc2)n1. The molecule has 7 nitrogen and oxygen atoms in total. The van der Waals surface area contributed by atoms with Gasteiger partial charge in [0.15, 0.2) is 0 Å². The molecule has 1 aliphatic heterocycles. The topological polar surface area (TPSA) is 92.5 Å². The van der Waals surface area contributed by atoms with Crippen molar-refractivity contribution < 1.29 is 17.6 Å². The van der Waals surface area contributed by atoms with Crippen LogP contribution in [0.1, 0.15) is 16.1 Å². The number of fused-ring (bicyclic) bond motifs is 1. The van der Waals surface area contributed by atoms with Gasteiger partial charge in [0.05, 0.1) is 17.0 Å². The van der Waals surface area contributed by atoms with Gasteiger partial charge in [-0.25, -0.2) is 13.4 Å². The molecule has 1 aromatic heterocycles. The first-order chi connectivity index (χ1) is 12.0. The normalized spacial score (nSPS) is 15.8. The standard InChI is InChI=1S/C17H13N3O4S/c21-17-14-8-4-5-9-15(14)25(22,23)19-20(17)10-13-11-24-16(18-13)12-6-2-1-3-7-12/h1-9,11,19H,10H2. The summed E-state index contributed by atoms with van der Waals surface area (Å²) >= 11 is 0. The van der Waals surface area contributed by atoms with E-state index in [4.69, 9.17) is 4.42 Å². The average molecular weight is 355 g/mol. The number of nitrogens with zero attached hydrogens (tertiary/aromatic N) is 2. The Morgan fingerprint density at radius 1 is 1.04 bits per heavy atom. The minimum atomic E-state index is -3.79. The Hall–Kier alpha value is -2.97. The lowest BCUT2D eigenvalue weighted by molar-refractivity contribution is 0.0685. The predicted octanol–water partition coefficient (Wildman–Crippen LogP) is 2.19. The van der Waals surface area contributed by atoms with Crippen molar-refractivity contribution in [1.82, 2.24) is 14.8 Å². The number of hydrogen-bond acceptors (Lipinski definition) is 5. The summed E-state index contributed by atoms with van der Waals surface area (Å²) in [4.78, 5) is 19.1. The molecule has 0 aliphatic carbocycles. The zero-order valence-electron chi connectivity index (χ0n) is 12.9. The Labute approximate surface area is 143 Å². The summed E-state index contributed by atoms with van der Waals surface area (Å²) < 4.78 is 30.0. The number of aromatic nitrogens is 1. The Morgan fingerprint density at radius 3 is 2.56 bits per heavy atom. The van der Waals surface area contributed by atoms with E-state index in [1.807, 2.05) is 30.3 Å². The summed E-state index contributed by atoms with van der Waals surface area (Å²) in [6.45, 7) is -0.0390. The maximum absolute atomic E-state index is 12.5. The van der Waals surface area contributed by atoms with Gasteiger partial charge in [0.25, 0.3) is 15.9 Å². The van der Waals surface area contributed by atoms with Crippen LogP contribution in [0.15, 0.2) is 70.2 Å². The third-order valence-electron chi connectivity index (χ3n) is 3.78. The molecule has 0 bridgehead atoms. The van der Waals surface area contributed by atoms with Crippen molar-refractivity contribution in [3.8, 4) is 11.5 Å². The maximum Gasteiger partial charge on any atom is 0.270 e. The van der Waals surface area contributed by atoms with Gasteiger partial charge in [0.2, 0.25) is 5.89 Å². The molecule has 1 amide bonds. The molecule has 1 N–H and O–H groups in total. The summed E-state index contributed by atoms with van der Waals surface area (Å²) in [5.41, 5.74) is 1.37. The third-order valence-corrected chi connectivity index (χ3v) is 5.17. The molecule has 0 fully saturated rings. The van der Waals surface area contributed by atoms with Crippen molar-refractivity contribution in [2.24, 2.45) is 0 Å². The smallest absolute Gasteiger partial charge is 0.270 e. The van der Waals surface area contributed by atoms with Crippen LogP contribution < -0.4 is 4.83 Å². The highest BCUT2D eigenvalue weighted by atomic mass is 32.2. The van der Waals surface area contributed by atoms with E-state index in [0.717, 1.165) is 10.6 Å². The van der Waals surface area contributed by atoms with Crippen molar-refractivity contribution in [1.29, 1.82) is 0 Å². The monoisotopic (exact) mass is 355 g/mol. The molecule has 4 rings (SSSR count). The quantitative estimate of drug-likeness (QED) is 0.777. The van der Waals surface area contributed by atoms with E-state index in [9.17, 15) is 13.2 Å². The van der Waals surface area contributed by atoms with E-state index >= 15 is 0 Å². The Morgan fingerprint density at radius 2 is 1.76 bits per heavy atom. The molecular weight excluding hydrogens is 342 g/mol. The summed E-state index contributed by atoms with van der Waals surface area (Å²) in [5.74, 6) is -0.0296. The van der Waals surface area contributed by atoms with Crippen LogP contribution >= 0.6 is 0 Å². The highest BCUT2D eigenvalue weighted by molar-refractivity contribution is 7.89. The van der Waals surface area contributed by atoms with Gasteiger partial charge in [-0.3, -0.25) is 9.80 Å². The first kappa shape index (κ1) is 15.6. The van der Waals surface area contributed by atoms with E-state index in [0.29, 0.717) is 11.6 Å². The summed E-state index contributed by atoms with van der Waals surface area (Å²) in [5, 5.41) is 1.02. The molecule has 2 heterocycles. The Balaban J connectivity index is 1.62. The van der Waals surface area contributed by atoms with Crippen molar-refractivity contribution in [3.05, 3.63) is 72.1 Å². The number of sulfonamides is 1. The summed E-state index contributed by atoms with van der Waals surface area (Å²) in [6, 6.07) is 15.4. The Kier molecular flexibility index (Phi) is 3.63. The number of hydrogen-bond donors (Lipinski definition) is 1. The maximum atomic E-state index is 12.5. The van der Waals surface area contributed by atoms with Crippen LogP contribution in [0.4, 0.5) is 0 Å². The third kappa shape index (κ3) is 2.81. The van der Waals surface area contributed by atoms with Gasteiger partial charge in [-0.1, -0.05) is 30.3 Å². The van der Waals surface area contributed by atoms with Gasteiger partial charge in [-0.2, -0.15) is 0 Å². The Bertz CT molecular complexity index is 1040.